The first-order valence-corrected chi connectivity index (χ1v) is 8.57. The average molecular weight is 381 g/mol. The van der Waals surface area contributed by atoms with E-state index in [2.05, 4.69) is 5.32 Å². The molecule has 2 aromatic rings. The van der Waals surface area contributed by atoms with Gasteiger partial charge in [-0.25, -0.2) is 0 Å². The number of imide groups is 1. The molecule has 0 saturated carbocycles. The molecule has 28 heavy (non-hydrogen) atoms. The van der Waals surface area contributed by atoms with Crippen LogP contribution in [0.1, 0.15) is 55.3 Å². The number of fused-ring (bicyclic) bond motifs is 1. The zero-order chi connectivity index (χ0) is 20.6. The van der Waals surface area contributed by atoms with E-state index >= 15 is 0 Å². The van der Waals surface area contributed by atoms with E-state index in [1.54, 1.807) is 30.3 Å². The molecule has 3 amide bonds. The fourth-order valence-electron chi connectivity index (χ4n) is 3.07. The number of nitrogens with one attached hydrogen (secondary N) is 2. The van der Waals surface area contributed by atoms with Crippen LogP contribution in [0.5, 0.6) is 0 Å². The zero-order valence-corrected chi connectivity index (χ0v) is 15.6. The summed E-state index contributed by atoms with van der Waals surface area (Å²) in [6, 6.07) is 9.62. The summed E-state index contributed by atoms with van der Waals surface area (Å²) in [5.74, 6) is -1.56. The lowest BCUT2D eigenvalue weighted by atomic mass is 9.95. The summed E-state index contributed by atoms with van der Waals surface area (Å²) in [6.07, 6.45) is -0.713. The number of hydrogen-bond donors (Lipinski definition) is 3. The zero-order valence-electron chi connectivity index (χ0n) is 15.6. The predicted octanol–water partition coefficient (Wildman–Crippen LogP) is 1.84. The lowest BCUT2D eigenvalue weighted by Crippen LogP contribution is -2.42. The second-order valence-electron chi connectivity index (χ2n) is 6.57. The van der Waals surface area contributed by atoms with Gasteiger partial charge in [0.1, 0.15) is 0 Å². The normalized spacial score (nSPS) is 14.1. The van der Waals surface area contributed by atoms with Crippen molar-refractivity contribution in [1.29, 1.82) is 0 Å². The second-order valence-corrected chi connectivity index (χ2v) is 6.57. The standard InChI is InChI=1S/C20H19N3O5/c1-10(24)14-6-4-12(8-16(14)18(25)21-11(2)22-28)13-5-7-15-17(9-13)20(27)23(3)19(15)26/h4-9,11,22,28H,1-3H3,(H,21,25)/t11-/m0/s1. The van der Waals surface area contributed by atoms with Gasteiger partial charge < -0.3 is 10.5 Å². The van der Waals surface area contributed by atoms with Crippen LogP contribution in [0.15, 0.2) is 36.4 Å². The smallest absolute Gasteiger partial charge is 0.261 e. The fraction of sp³-hybridized carbons (Fsp3) is 0.200. The van der Waals surface area contributed by atoms with Gasteiger partial charge in [0, 0.05) is 12.6 Å². The number of nitrogens with zero attached hydrogens (tertiary/aromatic N) is 1. The largest absolute Gasteiger partial charge is 0.335 e. The van der Waals surface area contributed by atoms with E-state index in [4.69, 9.17) is 5.21 Å². The first kappa shape index (κ1) is 19.4. The molecule has 0 radical (unpaired) electrons. The van der Waals surface area contributed by atoms with Crippen molar-refractivity contribution in [2.45, 2.75) is 20.0 Å². The number of carbonyl (C=O) groups excluding carboxylic acids is 4. The number of benzene rings is 2. The van der Waals surface area contributed by atoms with E-state index in [-0.39, 0.29) is 28.7 Å². The van der Waals surface area contributed by atoms with Gasteiger partial charge >= 0.3 is 0 Å². The van der Waals surface area contributed by atoms with Crippen LogP contribution < -0.4 is 10.8 Å². The quantitative estimate of drug-likeness (QED) is 0.315. The molecule has 0 unspecified atom stereocenters. The van der Waals surface area contributed by atoms with Crippen LogP contribution in [-0.4, -0.2) is 46.8 Å². The Morgan fingerprint density at radius 2 is 1.57 bits per heavy atom. The van der Waals surface area contributed by atoms with Crippen LogP contribution in [0.2, 0.25) is 0 Å². The van der Waals surface area contributed by atoms with E-state index in [1.807, 2.05) is 5.48 Å². The second kappa shape index (κ2) is 7.34. The Bertz CT molecular complexity index is 1010. The summed E-state index contributed by atoms with van der Waals surface area (Å²) in [5.41, 5.74) is 4.16. The fourth-order valence-corrected chi connectivity index (χ4v) is 3.07. The summed E-state index contributed by atoms with van der Waals surface area (Å²) < 4.78 is 0. The van der Waals surface area contributed by atoms with Crippen molar-refractivity contribution in [2.24, 2.45) is 0 Å². The molecule has 0 aliphatic carbocycles. The molecule has 1 aliphatic heterocycles. The molecule has 0 fully saturated rings. The van der Waals surface area contributed by atoms with Gasteiger partial charge in [0.15, 0.2) is 5.78 Å². The van der Waals surface area contributed by atoms with Crippen LogP contribution in [0, 0.1) is 0 Å². The maximum Gasteiger partial charge on any atom is 0.261 e. The topological polar surface area (TPSA) is 116 Å². The van der Waals surface area contributed by atoms with Crippen molar-refractivity contribution in [3.8, 4) is 11.1 Å². The molecule has 1 heterocycles. The van der Waals surface area contributed by atoms with Crippen molar-refractivity contribution in [1.82, 2.24) is 15.7 Å². The van der Waals surface area contributed by atoms with Crippen LogP contribution in [0.3, 0.4) is 0 Å². The Morgan fingerprint density at radius 3 is 2.21 bits per heavy atom. The number of rotatable bonds is 5. The Labute approximate surface area is 161 Å². The lowest BCUT2D eigenvalue weighted by molar-refractivity contribution is 0.0692. The van der Waals surface area contributed by atoms with E-state index < -0.39 is 12.1 Å². The van der Waals surface area contributed by atoms with Gasteiger partial charge in [-0.3, -0.25) is 24.1 Å². The number of amides is 3. The van der Waals surface area contributed by atoms with Gasteiger partial charge in [0.05, 0.1) is 22.9 Å². The summed E-state index contributed by atoms with van der Waals surface area (Å²) in [7, 11) is 1.42. The number of hydroxylamine groups is 1. The minimum absolute atomic E-state index is 0.145. The summed E-state index contributed by atoms with van der Waals surface area (Å²) in [5, 5.41) is 11.4. The molecule has 8 heteroatoms. The van der Waals surface area contributed by atoms with Crippen LogP contribution in [0.4, 0.5) is 0 Å². The number of carbonyl (C=O) groups is 4. The van der Waals surface area contributed by atoms with Crippen molar-refractivity contribution in [3.63, 3.8) is 0 Å². The number of ketones is 1. The molecule has 0 aromatic heterocycles. The third kappa shape index (κ3) is 3.30. The maximum absolute atomic E-state index is 12.5. The highest BCUT2D eigenvalue weighted by molar-refractivity contribution is 6.21. The molecule has 144 valence electrons. The van der Waals surface area contributed by atoms with Gasteiger partial charge in [-0.1, -0.05) is 18.2 Å². The van der Waals surface area contributed by atoms with Crippen molar-refractivity contribution >= 4 is 23.5 Å². The summed E-state index contributed by atoms with van der Waals surface area (Å²) >= 11 is 0. The molecule has 1 atom stereocenters. The van der Waals surface area contributed by atoms with Crippen LogP contribution in [-0.2, 0) is 0 Å². The molecular formula is C20H19N3O5. The molecular weight excluding hydrogens is 362 g/mol. The van der Waals surface area contributed by atoms with Crippen molar-refractivity contribution in [3.05, 3.63) is 58.7 Å². The molecule has 2 aromatic carbocycles. The Hall–Kier alpha value is -3.36. The highest BCUT2D eigenvalue weighted by atomic mass is 16.5. The third-order valence-corrected chi connectivity index (χ3v) is 4.61. The molecule has 0 saturated heterocycles. The average Bonchev–Trinajstić information content (AvgIpc) is 2.91. The summed E-state index contributed by atoms with van der Waals surface area (Å²) in [6.45, 7) is 2.89. The predicted molar refractivity (Wildman–Crippen MR) is 100 cm³/mol. The Morgan fingerprint density at radius 1 is 0.964 bits per heavy atom. The van der Waals surface area contributed by atoms with E-state index in [9.17, 15) is 19.2 Å². The Balaban J connectivity index is 2.06. The molecule has 8 nitrogen and oxygen atoms in total. The molecule has 0 spiro atoms. The first-order valence-electron chi connectivity index (χ1n) is 8.57. The highest BCUT2D eigenvalue weighted by Gasteiger charge is 2.32. The first-order chi connectivity index (χ1) is 13.2. The number of hydrogen-bond acceptors (Lipinski definition) is 6. The summed E-state index contributed by atoms with van der Waals surface area (Å²) in [4.78, 5) is 49.8. The van der Waals surface area contributed by atoms with Gasteiger partial charge in [-0.05, 0) is 43.2 Å². The van der Waals surface area contributed by atoms with Crippen LogP contribution in [0.25, 0.3) is 11.1 Å². The third-order valence-electron chi connectivity index (χ3n) is 4.61. The van der Waals surface area contributed by atoms with E-state index in [0.717, 1.165) is 4.90 Å². The lowest BCUT2D eigenvalue weighted by Gasteiger charge is -2.14. The van der Waals surface area contributed by atoms with E-state index in [1.165, 1.54) is 27.0 Å². The number of Topliss-reactive ketones (excluding diaryl/α,β-unsaturated/α-hetero) is 1. The molecule has 3 rings (SSSR count). The van der Waals surface area contributed by atoms with E-state index in [0.29, 0.717) is 22.3 Å². The monoisotopic (exact) mass is 381 g/mol. The van der Waals surface area contributed by atoms with Gasteiger partial charge in [-0.2, -0.15) is 5.48 Å². The highest BCUT2D eigenvalue weighted by Crippen LogP contribution is 2.29. The SMILES string of the molecule is CC(=O)c1ccc(-c2ccc3c(c2)C(=O)N(C)C3=O)cc1C(=O)N[C@H](C)NO. The van der Waals surface area contributed by atoms with Crippen molar-refractivity contribution in [2.75, 3.05) is 7.05 Å². The van der Waals surface area contributed by atoms with Gasteiger partial charge in [-0.15, -0.1) is 0 Å². The van der Waals surface area contributed by atoms with Crippen LogP contribution >= 0.6 is 0 Å². The minimum Gasteiger partial charge on any atom is -0.335 e. The van der Waals surface area contributed by atoms with Gasteiger partial charge in [0.25, 0.3) is 17.7 Å². The Kier molecular flexibility index (Phi) is 5.08. The molecule has 3 N–H and O–H groups in total. The molecule has 1 aliphatic rings. The minimum atomic E-state index is -0.713. The maximum atomic E-state index is 12.5. The molecule has 0 bridgehead atoms. The van der Waals surface area contributed by atoms with Gasteiger partial charge in [0.2, 0.25) is 0 Å². The van der Waals surface area contributed by atoms with Crippen molar-refractivity contribution < 1.29 is 24.4 Å².